The molecule has 2 aromatic carbocycles. The molecular weight excluding hydrogens is 397 g/mol. The number of halogens is 3. The van der Waals surface area contributed by atoms with E-state index in [0.717, 1.165) is 17.7 Å². The monoisotopic (exact) mass is 418 g/mol. The summed E-state index contributed by atoms with van der Waals surface area (Å²) in [5.74, 6) is -0.683. The molecular formula is C22H21F3N2O3. The first kappa shape index (κ1) is 21.4. The molecule has 0 bridgehead atoms. The maximum Gasteiger partial charge on any atom is 0.416 e. The smallest absolute Gasteiger partial charge is 0.416 e. The van der Waals surface area contributed by atoms with Crippen LogP contribution in [0, 0.1) is 0 Å². The van der Waals surface area contributed by atoms with Crippen molar-refractivity contribution >= 4 is 12.0 Å². The number of amides is 2. The van der Waals surface area contributed by atoms with Crippen LogP contribution in [0.5, 0.6) is 0 Å². The number of ether oxygens (including phenoxy) is 1. The molecule has 0 spiro atoms. The average Bonchev–Trinajstić information content (AvgIpc) is 2.72. The number of benzene rings is 2. The van der Waals surface area contributed by atoms with E-state index in [0.29, 0.717) is 12.1 Å². The first-order valence-corrected chi connectivity index (χ1v) is 9.31. The minimum atomic E-state index is -4.54. The molecule has 1 heterocycles. The van der Waals surface area contributed by atoms with Crippen molar-refractivity contribution in [2.45, 2.75) is 25.6 Å². The fourth-order valence-electron chi connectivity index (χ4n) is 3.23. The van der Waals surface area contributed by atoms with Crippen LogP contribution < -0.4 is 5.32 Å². The Hall–Kier alpha value is -3.29. The van der Waals surface area contributed by atoms with Crippen molar-refractivity contribution in [3.63, 3.8) is 0 Å². The Labute approximate surface area is 172 Å². The van der Waals surface area contributed by atoms with Gasteiger partial charge >= 0.3 is 18.2 Å². The molecule has 0 aromatic heterocycles. The number of urea groups is 1. The third kappa shape index (κ3) is 4.64. The van der Waals surface area contributed by atoms with Crippen LogP contribution >= 0.6 is 0 Å². The average molecular weight is 418 g/mol. The van der Waals surface area contributed by atoms with Gasteiger partial charge in [-0.1, -0.05) is 42.5 Å². The highest BCUT2D eigenvalue weighted by atomic mass is 19.4. The molecule has 2 amide bonds. The van der Waals surface area contributed by atoms with Gasteiger partial charge in [-0.05, 0) is 30.2 Å². The quantitative estimate of drug-likeness (QED) is 0.730. The van der Waals surface area contributed by atoms with E-state index >= 15 is 0 Å². The summed E-state index contributed by atoms with van der Waals surface area (Å²) in [4.78, 5) is 26.3. The Bertz CT molecular complexity index is 971. The molecule has 3 rings (SSSR count). The minimum Gasteiger partial charge on any atom is -0.462 e. The van der Waals surface area contributed by atoms with Crippen molar-refractivity contribution < 1.29 is 27.5 Å². The highest BCUT2D eigenvalue weighted by Crippen LogP contribution is 2.35. The molecule has 1 aliphatic rings. The van der Waals surface area contributed by atoms with Crippen LogP contribution in [-0.4, -0.2) is 30.6 Å². The first-order valence-electron chi connectivity index (χ1n) is 9.31. The molecule has 0 saturated heterocycles. The summed E-state index contributed by atoms with van der Waals surface area (Å²) in [6.45, 7) is 1.67. The standard InChI is InChI=1S/C22H21F3N2O3/c1-14-18(20(28)30-12-11-15-7-4-3-5-8-15)19(26-21(29)27(14)2)16-9-6-10-17(13-16)22(23,24)25/h3-10,13,19H,11-12H2,1-2H3,(H,26,29)/t19-/m1/s1. The first-order chi connectivity index (χ1) is 14.2. The van der Waals surface area contributed by atoms with E-state index in [-0.39, 0.29) is 17.7 Å². The number of nitrogens with one attached hydrogen (secondary N) is 1. The number of carbonyl (C=O) groups excluding carboxylic acids is 2. The van der Waals surface area contributed by atoms with E-state index in [4.69, 9.17) is 4.74 Å². The van der Waals surface area contributed by atoms with Crippen LogP contribution in [0.1, 0.15) is 29.7 Å². The van der Waals surface area contributed by atoms with Gasteiger partial charge in [0.15, 0.2) is 0 Å². The predicted octanol–water partition coefficient (Wildman–Crippen LogP) is 4.46. The summed E-state index contributed by atoms with van der Waals surface area (Å²) in [5.41, 5.74) is 0.707. The van der Waals surface area contributed by atoms with Crippen molar-refractivity contribution in [1.29, 1.82) is 0 Å². The van der Waals surface area contributed by atoms with Gasteiger partial charge in [0.05, 0.1) is 23.8 Å². The van der Waals surface area contributed by atoms with Gasteiger partial charge < -0.3 is 15.0 Å². The third-order valence-electron chi connectivity index (χ3n) is 4.99. The largest absolute Gasteiger partial charge is 0.462 e. The van der Waals surface area contributed by atoms with Gasteiger partial charge in [0, 0.05) is 19.2 Å². The lowest BCUT2D eigenvalue weighted by Gasteiger charge is -2.33. The Morgan fingerprint density at radius 3 is 2.50 bits per heavy atom. The maximum atomic E-state index is 13.1. The van der Waals surface area contributed by atoms with Gasteiger partial charge in [-0.2, -0.15) is 13.2 Å². The normalized spacial score (nSPS) is 17.0. The summed E-state index contributed by atoms with van der Waals surface area (Å²) < 4.78 is 44.8. The van der Waals surface area contributed by atoms with Crippen LogP contribution in [0.3, 0.4) is 0 Å². The molecule has 1 aliphatic heterocycles. The Kier molecular flexibility index (Phi) is 6.14. The molecule has 158 valence electrons. The fourth-order valence-corrected chi connectivity index (χ4v) is 3.23. The molecule has 0 aliphatic carbocycles. The second kappa shape index (κ2) is 8.61. The highest BCUT2D eigenvalue weighted by Gasteiger charge is 2.37. The Morgan fingerprint density at radius 2 is 1.83 bits per heavy atom. The molecule has 5 nitrogen and oxygen atoms in total. The molecule has 0 radical (unpaired) electrons. The molecule has 8 heteroatoms. The zero-order valence-electron chi connectivity index (χ0n) is 16.5. The second-order valence-corrected chi connectivity index (χ2v) is 6.94. The lowest BCUT2D eigenvalue weighted by Crippen LogP contribution is -2.46. The van der Waals surface area contributed by atoms with Crippen molar-refractivity contribution in [2.75, 3.05) is 13.7 Å². The number of alkyl halides is 3. The van der Waals surface area contributed by atoms with Crippen LogP contribution in [0.15, 0.2) is 65.9 Å². The SMILES string of the molecule is CC1=C(C(=O)OCCc2ccccc2)[C@@H](c2cccc(C(F)(F)F)c2)NC(=O)N1C. The maximum absolute atomic E-state index is 13.1. The zero-order chi connectivity index (χ0) is 21.9. The van der Waals surface area contributed by atoms with Crippen LogP contribution in [0.2, 0.25) is 0 Å². The molecule has 30 heavy (non-hydrogen) atoms. The summed E-state index contributed by atoms with van der Waals surface area (Å²) in [5, 5.41) is 2.59. The molecule has 2 aromatic rings. The Morgan fingerprint density at radius 1 is 1.13 bits per heavy atom. The van der Waals surface area contributed by atoms with Gasteiger partial charge in [-0.15, -0.1) is 0 Å². The lowest BCUT2D eigenvalue weighted by atomic mass is 9.94. The van der Waals surface area contributed by atoms with Crippen molar-refractivity contribution in [1.82, 2.24) is 10.2 Å². The second-order valence-electron chi connectivity index (χ2n) is 6.94. The number of carbonyl (C=O) groups is 2. The number of hydrogen-bond donors (Lipinski definition) is 1. The molecule has 1 N–H and O–H groups in total. The Balaban J connectivity index is 1.86. The van der Waals surface area contributed by atoms with E-state index < -0.39 is 29.8 Å². The van der Waals surface area contributed by atoms with E-state index in [9.17, 15) is 22.8 Å². The highest BCUT2D eigenvalue weighted by molar-refractivity contribution is 5.95. The van der Waals surface area contributed by atoms with E-state index in [2.05, 4.69) is 5.32 Å². The van der Waals surface area contributed by atoms with Crippen molar-refractivity contribution in [2.24, 2.45) is 0 Å². The number of hydrogen-bond acceptors (Lipinski definition) is 3. The van der Waals surface area contributed by atoms with Crippen molar-refractivity contribution in [3.05, 3.63) is 82.6 Å². The van der Waals surface area contributed by atoms with Gasteiger partial charge in [0.2, 0.25) is 0 Å². The summed E-state index contributed by atoms with van der Waals surface area (Å²) in [6, 6.07) is 12.4. The number of rotatable bonds is 5. The van der Waals surface area contributed by atoms with Gasteiger partial charge in [0.1, 0.15) is 0 Å². The molecule has 1 atom stereocenters. The topological polar surface area (TPSA) is 58.6 Å². The van der Waals surface area contributed by atoms with E-state index in [1.54, 1.807) is 6.92 Å². The number of esters is 1. The minimum absolute atomic E-state index is 0.101. The van der Waals surface area contributed by atoms with E-state index in [1.165, 1.54) is 24.1 Å². The van der Waals surface area contributed by atoms with Gasteiger partial charge in [0.25, 0.3) is 0 Å². The number of nitrogens with zero attached hydrogens (tertiary/aromatic N) is 1. The third-order valence-corrected chi connectivity index (χ3v) is 4.99. The fraction of sp³-hybridized carbons (Fsp3) is 0.273. The predicted molar refractivity (Wildman–Crippen MR) is 104 cm³/mol. The van der Waals surface area contributed by atoms with Crippen molar-refractivity contribution in [3.8, 4) is 0 Å². The van der Waals surface area contributed by atoms with Crippen LogP contribution in [-0.2, 0) is 22.1 Å². The lowest BCUT2D eigenvalue weighted by molar-refractivity contribution is -0.139. The molecule has 0 unspecified atom stereocenters. The molecule has 0 saturated carbocycles. The zero-order valence-corrected chi connectivity index (χ0v) is 16.5. The number of allylic oxidation sites excluding steroid dienone is 1. The van der Waals surface area contributed by atoms with Gasteiger partial charge in [-0.25, -0.2) is 9.59 Å². The summed E-state index contributed by atoms with van der Waals surface area (Å²) in [7, 11) is 1.48. The molecule has 0 fully saturated rings. The van der Waals surface area contributed by atoms with Crippen LogP contribution in [0.25, 0.3) is 0 Å². The van der Waals surface area contributed by atoms with Gasteiger partial charge in [-0.3, -0.25) is 0 Å². The summed E-state index contributed by atoms with van der Waals surface area (Å²) in [6.07, 6.45) is -4.05. The van der Waals surface area contributed by atoms with Crippen LogP contribution in [0.4, 0.5) is 18.0 Å². The summed E-state index contributed by atoms with van der Waals surface area (Å²) >= 11 is 0. The van der Waals surface area contributed by atoms with E-state index in [1.807, 2.05) is 30.3 Å².